The van der Waals surface area contributed by atoms with E-state index in [0.29, 0.717) is 25.8 Å². The van der Waals surface area contributed by atoms with Gasteiger partial charge < -0.3 is 19.7 Å². The molecule has 1 atom stereocenters. The maximum absolute atomic E-state index is 9.92. The summed E-state index contributed by atoms with van der Waals surface area (Å²) in [5.41, 5.74) is 1.98. The van der Waals surface area contributed by atoms with Gasteiger partial charge in [-0.3, -0.25) is 0 Å². The van der Waals surface area contributed by atoms with Crippen molar-refractivity contribution in [2.75, 3.05) is 13.2 Å². The molecule has 1 saturated carbocycles. The van der Waals surface area contributed by atoms with Crippen LogP contribution in [0.15, 0.2) is 4.52 Å². The van der Waals surface area contributed by atoms with Crippen molar-refractivity contribution in [3.63, 3.8) is 0 Å². The fraction of sp³-hybridized carbons (Fsp3) is 0.800. The number of aliphatic hydroxyl groups is 1. The smallest absolute Gasteiger partial charge is 0.138 e. The van der Waals surface area contributed by atoms with Gasteiger partial charge in [0.15, 0.2) is 0 Å². The van der Waals surface area contributed by atoms with E-state index < -0.39 is 6.10 Å². The lowest BCUT2D eigenvalue weighted by Crippen LogP contribution is -2.32. The Balaban J connectivity index is 1.61. The van der Waals surface area contributed by atoms with Crippen LogP contribution in [0.3, 0.4) is 0 Å². The minimum Gasteiger partial charge on any atom is -0.389 e. The van der Waals surface area contributed by atoms with Crippen LogP contribution in [0.1, 0.15) is 49.1 Å². The molecule has 2 N–H and O–H groups in total. The van der Waals surface area contributed by atoms with E-state index in [2.05, 4.69) is 10.5 Å². The number of nitrogens with zero attached hydrogens (tertiary/aromatic N) is 1. The normalized spacial score (nSPS) is 18.4. The molecular formula is C15H26N2O3. The second kappa shape index (κ2) is 7.76. The van der Waals surface area contributed by atoms with Crippen LogP contribution in [0.2, 0.25) is 0 Å². The number of nitrogens with one attached hydrogen (secondary N) is 1. The molecule has 1 unspecified atom stereocenters. The number of aryl methyl sites for hydroxylation is 2. The molecular weight excluding hydrogens is 256 g/mol. The molecule has 0 aromatic carbocycles. The minimum absolute atomic E-state index is 0.348. The van der Waals surface area contributed by atoms with Crippen LogP contribution in [0.25, 0.3) is 0 Å². The van der Waals surface area contributed by atoms with Crippen molar-refractivity contribution >= 4 is 0 Å². The fourth-order valence-corrected chi connectivity index (χ4v) is 2.66. The molecule has 1 aromatic rings. The van der Waals surface area contributed by atoms with E-state index in [9.17, 15) is 5.11 Å². The zero-order chi connectivity index (χ0) is 14.4. The van der Waals surface area contributed by atoms with Crippen LogP contribution in [0.5, 0.6) is 0 Å². The second-order valence-electron chi connectivity index (χ2n) is 5.68. The first-order chi connectivity index (χ1) is 9.66. The van der Waals surface area contributed by atoms with Gasteiger partial charge in [0.25, 0.3) is 0 Å². The van der Waals surface area contributed by atoms with E-state index in [0.717, 1.165) is 29.9 Å². The van der Waals surface area contributed by atoms with Crippen LogP contribution in [-0.4, -0.2) is 35.6 Å². The molecule has 0 amide bonds. The van der Waals surface area contributed by atoms with E-state index in [4.69, 9.17) is 9.26 Å². The Morgan fingerprint density at radius 3 is 2.75 bits per heavy atom. The summed E-state index contributed by atoms with van der Waals surface area (Å²) in [6.07, 6.45) is 5.99. The lowest BCUT2D eigenvalue weighted by Gasteiger charge is -2.23. The molecule has 0 bridgehead atoms. The Kier molecular flexibility index (Phi) is 6.01. The van der Waals surface area contributed by atoms with Gasteiger partial charge in [-0.15, -0.1) is 0 Å². The summed E-state index contributed by atoms with van der Waals surface area (Å²) in [6, 6.07) is 0. The van der Waals surface area contributed by atoms with Gasteiger partial charge >= 0.3 is 0 Å². The van der Waals surface area contributed by atoms with E-state index in [-0.39, 0.29) is 0 Å². The first-order valence-corrected chi connectivity index (χ1v) is 7.59. The fourth-order valence-electron chi connectivity index (χ4n) is 2.66. The number of aromatic nitrogens is 1. The van der Waals surface area contributed by atoms with Crippen LogP contribution >= 0.6 is 0 Å². The summed E-state index contributed by atoms with van der Waals surface area (Å²) in [5, 5.41) is 17.1. The van der Waals surface area contributed by atoms with E-state index in [1.165, 1.54) is 19.3 Å². The maximum atomic E-state index is 9.92. The molecule has 1 aromatic heterocycles. The van der Waals surface area contributed by atoms with Crippen LogP contribution in [0, 0.1) is 13.8 Å². The lowest BCUT2D eigenvalue weighted by atomic mass is 9.98. The van der Waals surface area contributed by atoms with Crippen molar-refractivity contribution in [1.82, 2.24) is 10.5 Å². The standard InChI is InChI=1S/C15H26N2O3/c1-11-15(12(2)20-17-11)9-16-8-13(18)10-19-14-6-4-3-5-7-14/h13-14,16,18H,3-10H2,1-2H3. The minimum atomic E-state index is -0.461. The number of hydrogen-bond acceptors (Lipinski definition) is 5. The highest BCUT2D eigenvalue weighted by Crippen LogP contribution is 2.20. The largest absolute Gasteiger partial charge is 0.389 e. The van der Waals surface area contributed by atoms with Crippen LogP contribution in [-0.2, 0) is 11.3 Å². The zero-order valence-electron chi connectivity index (χ0n) is 12.5. The SMILES string of the molecule is Cc1noc(C)c1CNCC(O)COC1CCCCC1. The van der Waals surface area contributed by atoms with Gasteiger partial charge in [0.05, 0.1) is 24.5 Å². The molecule has 2 rings (SSSR count). The molecule has 114 valence electrons. The Morgan fingerprint density at radius 2 is 2.10 bits per heavy atom. The van der Waals surface area contributed by atoms with E-state index in [1.54, 1.807) is 0 Å². The van der Waals surface area contributed by atoms with Crippen molar-refractivity contribution in [3.05, 3.63) is 17.0 Å². The topological polar surface area (TPSA) is 67.5 Å². The quantitative estimate of drug-likeness (QED) is 0.801. The highest BCUT2D eigenvalue weighted by molar-refractivity contribution is 5.20. The molecule has 5 heteroatoms. The van der Waals surface area contributed by atoms with Crippen molar-refractivity contribution in [3.8, 4) is 0 Å². The second-order valence-corrected chi connectivity index (χ2v) is 5.68. The van der Waals surface area contributed by atoms with Gasteiger partial charge in [0.2, 0.25) is 0 Å². The molecule has 0 radical (unpaired) electrons. The van der Waals surface area contributed by atoms with E-state index in [1.807, 2.05) is 13.8 Å². The number of hydrogen-bond donors (Lipinski definition) is 2. The molecule has 5 nitrogen and oxygen atoms in total. The number of aliphatic hydroxyl groups excluding tert-OH is 1. The summed E-state index contributed by atoms with van der Waals surface area (Å²) in [4.78, 5) is 0. The van der Waals surface area contributed by atoms with Gasteiger partial charge in [0, 0.05) is 18.7 Å². The van der Waals surface area contributed by atoms with Crippen LogP contribution < -0.4 is 5.32 Å². The molecule has 1 aliphatic carbocycles. The molecule has 0 aliphatic heterocycles. The third kappa shape index (κ3) is 4.58. The third-order valence-corrected chi connectivity index (χ3v) is 3.94. The average Bonchev–Trinajstić information content (AvgIpc) is 2.78. The first-order valence-electron chi connectivity index (χ1n) is 7.59. The molecule has 0 saturated heterocycles. The average molecular weight is 282 g/mol. The van der Waals surface area contributed by atoms with E-state index >= 15 is 0 Å². The summed E-state index contributed by atoms with van der Waals surface area (Å²) in [7, 11) is 0. The molecule has 1 fully saturated rings. The summed E-state index contributed by atoms with van der Waals surface area (Å²) < 4.78 is 10.9. The number of ether oxygens (including phenoxy) is 1. The molecule has 1 aliphatic rings. The van der Waals surface area contributed by atoms with Crippen molar-refractivity contribution in [2.24, 2.45) is 0 Å². The first kappa shape index (κ1) is 15.5. The Morgan fingerprint density at radius 1 is 1.35 bits per heavy atom. The summed E-state index contributed by atoms with van der Waals surface area (Å²) >= 11 is 0. The molecule has 0 spiro atoms. The Bertz CT molecular complexity index is 380. The van der Waals surface area contributed by atoms with Crippen molar-refractivity contribution in [2.45, 2.75) is 64.7 Å². The van der Waals surface area contributed by atoms with Gasteiger partial charge in [-0.25, -0.2) is 0 Å². The van der Waals surface area contributed by atoms with Gasteiger partial charge in [0.1, 0.15) is 5.76 Å². The van der Waals surface area contributed by atoms with Crippen LogP contribution in [0.4, 0.5) is 0 Å². The summed E-state index contributed by atoms with van der Waals surface area (Å²) in [6.45, 7) is 5.44. The maximum Gasteiger partial charge on any atom is 0.138 e. The van der Waals surface area contributed by atoms with Gasteiger partial charge in [-0.05, 0) is 26.7 Å². The van der Waals surface area contributed by atoms with Crippen molar-refractivity contribution < 1.29 is 14.4 Å². The zero-order valence-corrected chi connectivity index (χ0v) is 12.5. The highest BCUT2D eigenvalue weighted by Gasteiger charge is 2.15. The molecule has 20 heavy (non-hydrogen) atoms. The lowest BCUT2D eigenvalue weighted by molar-refractivity contribution is -0.0230. The summed E-state index contributed by atoms with van der Waals surface area (Å²) in [5.74, 6) is 0.836. The predicted octanol–water partition coefficient (Wildman–Crippen LogP) is 2.09. The Labute approximate surface area is 120 Å². The molecule has 1 heterocycles. The Hall–Kier alpha value is -0.910. The third-order valence-electron chi connectivity index (χ3n) is 3.94. The van der Waals surface area contributed by atoms with Gasteiger partial charge in [-0.1, -0.05) is 24.4 Å². The predicted molar refractivity (Wildman–Crippen MR) is 76.5 cm³/mol. The van der Waals surface area contributed by atoms with Gasteiger partial charge in [-0.2, -0.15) is 0 Å². The number of rotatable bonds is 7. The highest BCUT2D eigenvalue weighted by atomic mass is 16.5. The monoisotopic (exact) mass is 282 g/mol. The van der Waals surface area contributed by atoms with Crippen molar-refractivity contribution in [1.29, 1.82) is 0 Å².